The van der Waals surface area contributed by atoms with Gasteiger partial charge in [-0.3, -0.25) is 10.1 Å². The Bertz CT molecular complexity index is 525. The Kier molecular flexibility index (Phi) is 4.00. The molecule has 0 spiro atoms. The summed E-state index contributed by atoms with van der Waals surface area (Å²) in [6.07, 6.45) is 4.09. The molecule has 0 bridgehead atoms. The van der Waals surface area contributed by atoms with Crippen molar-refractivity contribution in [2.24, 2.45) is 5.73 Å². The van der Waals surface area contributed by atoms with Crippen LogP contribution in [0.1, 0.15) is 49.7 Å². The summed E-state index contributed by atoms with van der Waals surface area (Å²) in [5.74, 6) is 0.193. The predicted molar refractivity (Wildman–Crippen MR) is 81.9 cm³/mol. The monoisotopic (exact) mass is 288 g/mol. The second-order valence-corrected chi connectivity index (χ2v) is 6.31. The minimum absolute atomic E-state index is 0.202. The molecule has 0 radical (unpaired) electrons. The minimum atomic E-state index is -0.741. The normalized spacial score (nSPS) is 31.9. The van der Waals surface area contributed by atoms with Crippen molar-refractivity contribution in [1.29, 1.82) is 0 Å². The van der Waals surface area contributed by atoms with Crippen LogP contribution in [0, 0.1) is 0 Å². The number of primary amides is 1. The SMILES string of the molecule is CC1CCC(NCC2CCCO2)(C(N)=O)c2ccccc21. The van der Waals surface area contributed by atoms with Crippen LogP contribution in [0.25, 0.3) is 0 Å². The number of hydrogen-bond donors (Lipinski definition) is 2. The molecule has 3 N–H and O–H groups in total. The van der Waals surface area contributed by atoms with Gasteiger partial charge in [-0.2, -0.15) is 0 Å². The predicted octanol–water partition coefficient (Wildman–Crippen LogP) is 2.03. The quantitative estimate of drug-likeness (QED) is 0.891. The number of fused-ring (bicyclic) bond motifs is 1. The largest absolute Gasteiger partial charge is 0.377 e. The van der Waals surface area contributed by atoms with E-state index in [1.165, 1.54) is 5.56 Å². The van der Waals surface area contributed by atoms with Crippen LogP contribution in [0.4, 0.5) is 0 Å². The Morgan fingerprint density at radius 2 is 2.24 bits per heavy atom. The van der Waals surface area contributed by atoms with E-state index in [-0.39, 0.29) is 12.0 Å². The van der Waals surface area contributed by atoms with Crippen molar-refractivity contribution in [2.75, 3.05) is 13.2 Å². The highest BCUT2D eigenvalue weighted by Crippen LogP contribution is 2.41. The Morgan fingerprint density at radius 1 is 1.43 bits per heavy atom. The van der Waals surface area contributed by atoms with E-state index >= 15 is 0 Å². The molecule has 3 rings (SSSR count). The summed E-state index contributed by atoms with van der Waals surface area (Å²) >= 11 is 0. The van der Waals surface area contributed by atoms with E-state index in [1.807, 2.05) is 18.2 Å². The van der Waals surface area contributed by atoms with Crippen molar-refractivity contribution in [3.63, 3.8) is 0 Å². The fourth-order valence-corrected chi connectivity index (χ4v) is 3.66. The van der Waals surface area contributed by atoms with Gasteiger partial charge in [0, 0.05) is 13.2 Å². The van der Waals surface area contributed by atoms with E-state index in [4.69, 9.17) is 10.5 Å². The summed E-state index contributed by atoms with van der Waals surface area (Å²) in [4.78, 5) is 12.3. The summed E-state index contributed by atoms with van der Waals surface area (Å²) in [6.45, 7) is 3.72. The Labute approximate surface area is 126 Å². The molecule has 1 aromatic rings. The summed E-state index contributed by atoms with van der Waals surface area (Å²) in [6, 6.07) is 8.18. The topological polar surface area (TPSA) is 64.3 Å². The zero-order valence-corrected chi connectivity index (χ0v) is 12.6. The van der Waals surface area contributed by atoms with Crippen LogP contribution in [0.5, 0.6) is 0 Å². The van der Waals surface area contributed by atoms with Gasteiger partial charge in [-0.1, -0.05) is 31.2 Å². The Morgan fingerprint density at radius 3 is 2.95 bits per heavy atom. The zero-order chi connectivity index (χ0) is 14.9. The highest BCUT2D eigenvalue weighted by molar-refractivity contribution is 5.87. The van der Waals surface area contributed by atoms with Crippen molar-refractivity contribution in [3.8, 4) is 0 Å². The summed E-state index contributed by atoms with van der Waals surface area (Å²) in [5, 5.41) is 3.45. The number of hydrogen-bond acceptors (Lipinski definition) is 3. The van der Waals surface area contributed by atoms with E-state index < -0.39 is 5.54 Å². The molecule has 2 aliphatic rings. The van der Waals surface area contributed by atoms with Gasteiger partial charge in [0.2, 0.25) is 5.91 Å². The lowest BCUT2D eigenvalue weighted by Gasteiger charge is -2.40. The van der Waals surface area contributed by atoms with E-state index in [9.17, 15) is 4.79 Å². The van der Waals surface area contributed by atoms with E-state index in [0.717, 1.165) is 37.9 Å². The summed E-state index contributed by atoms with van der Waals surface area (Å²) < 4.78 is 5.66. The number of rotatable bonds is 4. The smallest absolute Gasteiger partial charge is 0.242 e. The van der Waals surface area contributed by atoms with Gasteiger partial charge in [0.05, 0.1) is 6.10 Å². The van der Waals surface area contributed by atoms with Crippen LogP contribution < -0.4 is 11.1 Å². The van der Waals surface area contributed by atoms with Gasteiger partial charge in [0.1, 0.15) is 5.54 Å². The molecule has 3 unspecified atom stereocenters. The maximum absolute atomic E-state index is 12.3. The fraction of sp³-hybridized carbons (Fsp3) is 0.588. The number of carbonyl (C=O) groups is 1. The van der Waals surface area contributed by atoms with Gasteiger partial charge in [-0.05, 0) is 42.7 Å². The first kappa shape index (κ1) is 14.5. The molecule has 114 valence electrons. The van der Waals surface area contributed by atoms with E-state index in [1.54, 1.807) is 0 Å². The molecule has 0 saturated carbocycles. The molecular weight excluding hydrogens is 264 g/mol. The number of benzene rings is 1. The molecule has 0 aromatic heterocycles. The molecule has 1 aliphatic carbocycles. The molecule has 1 amide bonds. The van der Waals surface area contributed by atoms with Gasteiger partial charge in [-0.25, -0.2) is 0 Å². The third kappa shape index (κ3) is 2.58. The van der Waals surface area contributed by atoms with Crippen molar-refractivity contribution in [2.45, 2.75) is 50.2 Å². The second-order valence-electron chi connectivity index (χ2n) is 6.31. The Balaban J connectivity index is 1.90. The summed E-state index contributed by atoms with van der Waals surface area (Å²) in [7, 11) is 0. The standard InChI is InChI=1S/C17H24N2O2/c1-12-8-9-17(16(18)20,15-7-3-2-6-14(12)15)19-11-13-5-4-10-21-13/h2-3,6-7,12-13,19H,4-5,8-11H2,1H3,(H2,18,20). The summed E-state index contributed by atoms with van der Waals surface area (Å²) in [5.41, 5.74) is 7.35. The molecular formula is C17H24N2O2. The van der Waals surface area contributed by atoms with Gasteiger partial charge >= 0.3 is 0 Å². The molecule has 1 aromatic carbocycles. The second kappa shape index (κ2) is 5.78. The average Bonchev–Trinajstić information content (AvgIpc) is 3.00. The van der Waals surface area contributed by atoms with Crippen LogP contribution in [-0.2, 0) is 15.1 Å². The molecule has 21 heavy (non-hydrogen) atoms. The van der Waals surface area contributed by atoms with Crippen molar-refractivity contribution in [3.05, 3.63) is 35.4 Å². The fourth-order valence-electron chi connectivity index (χ4n) is 3.66. The third-order valence-electron chi connectivity index (χ3n) is 4.98. The van der Waals surface area contributed by atoms with E-state index in [2.05, 4.69) is 18.3 Å². The highest BCUT2D eigenvalue weighted by atomic mass is 16.5. The van der Waals surface area contributed by atoms with Gasteiger partial charge in [0.15, 0.2) is 0 Å². The molecule has 4 heteroatoms. The maximum Gasteiger partial charge on any atom is 0.242 e. The lowest BCUT2D eigenvalue weighted by molar-refractivity contribution is -0.125. The van der Waals surface area contributed by atoms with Crippen molar-refractivity contribution >= 4 is 5.91 Å². The molecule has 4 nitrogen and oxygen atoms in total. The molecule has 1 aliphatic heterocycles. The van der Waals surface area contributed by atoms with Crippen LogP contribution in [0.2, 0.25) is 0 Å². The van der Waals surface area contributed by atoms with Crippen molar-refractivity contribution < 1.29 is 9.53 Å². The molecule has 1 heterocycles. The first-order valence-corrected chi connectivity index (χ1v) is 7.89. The number of ether oxygens (including phenoxy) is 1. The van der Waals surface area contributed by atoms with Crippen molar-refractivity contribution in [1.82, 2.24) is 5.32 Å². The lowest BCUT2D eigenvalue weighted by atomic mass is 9.72. The number of nitrogens with two attached hydrogens (primary N) is 1. The number of nitrogens with one attached hydrogen (secondary N) is 1. The molecule has 3 atom stereocenters. The average molecular weight is 288 g/mol. The Hall–Kier alpha value is -1.39. The van der Waals surface area contributed by atoms with Gasteiger partial charge in [0.25, 0.3) is 0 Å². The van der Waals surface area contributed by atoms with Gasteiger partial charge in [-0.15, -0.1) is 0 Å². The third-order valence-corrected chi connectivity index (χ3v) is 4.98. The van der Waals surface area contributed by atoms with Gasteiger partial charge < -0.3 is 10.5 Å². The van der Waals surface area contributed by atoms with Crippen LogP contribution in [0.3, 0.4) is 0 Å². The molecule has 1 saturated heterocycles. The first-order chi connectivity index (χ1) is 10.1. The van der Waals surface area contributed by atoms with E-state index in [0.29, 0.717) is 12.5 Å². The maximum atomic E-state index is 12.3. The zero-order valence-electron chi connectivity index (χ0n) is 12.6. The number of amides is 1. The lowest BCUT2D eigenvalue weighted by Crippen LogP contribution is -2.56. The minimum Gasteiger partial charge on any atom is -0.377 e. The van der Waals surface area contributed by atoms with Crippen LogP contribution in [0.15, 0.2) is 24.3 Å². The number of carbonyl (C=O) groups excluding carboxylic acids is 1. The first-order valence-electron chi connectivity index (χ1n) is 7.89. The van der Waals surface area contributed by atoms with Crippen LogP contribution in [-0.4, -0.2) is 25.2 Å². The highest BCUT2D eigenvalue weighted by Gasteiger charge is 2.43. The molecule has 1 fully saturated rings. The van der Waals surface area contributed by atoms with Crippen LogP contribution >= 0.6 is 0 Å².